The molecule has 42 heavy (non-hydrogen) atoms. The number of imidazole rings is 1. The normalized spacial score (nSPS) is 17.3. The predicted molar refractivity (Wildman–Crippen MR) is 164 cm³/mol. The van der Waals surface area contributed by atoms with Crippen molar-refractivity contribution >= 4 is 33.7 Å². The molecule has 1 saturated carbocycles. The van der Waals surface area contributed by atoms with Crippen molar-refractivity contribution in [3.05, 3.63) is 119 Å². The molecule has 1 unspecified atom stereocenters. The molecular weight excluding hydrogens is 550 g/mol. The maximum atomic E-state index is 10.8. The molecule has 9 heteroatoms. The van der Waals surface area contributed by atoms with Gasteiger partial charge in [-0.1, -0.05) is 72.3 Å². The molecule has 8 nitrogen and oxygen atoms in total. The van der Waals surface area contributed by atoms with Crippen molar-refractivity contribution < 1.29 is 9.84 Å². The van der Waals surface area contributed by atoms with Crippen LogP contribution in [0, 0.1) is 11.1 Å². The number of nitrogens with one attached hydrogen (secondary N) is 1. The molecule has 7 rings (SSSR count). The molecule has 1 fully saturated rings. The minimum absolute atomic E-state index is 0.223. The van der Waals surface area contributed by atoms with Crippen molar-refractivity contribution in [2.45, 2.75) is 25.0 Å². The summed E-state index contributed by atoms with van der Waals surface area (Å²) in [6, 6.07) is 27.0. The van der Waals surface area contributed by atoms with Gasteiger partial charge < -0.3 is 20.5 Å². The lowest BCUT2D eigenvalue weighted by molar-refractivity contribution is -0.121. The fourth-order valence-corrected chi connectivity index (χ4v) is 5.91. The van der Waals surface area contributed by atoms with Gasteiger partial charge in [-0.25, -0.2) is 15.0 Å². The van der Waals surface area contributed by atoms with E-state index in [9.17, 15) is 10.3 Å². The van der Waals surface area contributed by atoms with Crippen molar-refractivity contribution in [1.29, 1.82) is 0 Å². The number of aliphatic hydroxyl groups is 1. The van der Waals surface area contributed by atoms with Gasteiger partial charge in [-0.3, -0.25) is 4.40 Å². The zero-order valence-electron chi connectivity index (χ0n) is 22.5. The summed E-state index contributed by atoms with van der Waals surface area (Å²) >= 11 is 6.65. The van der Waals surface area contributed by atoms with Crippen LogP contribution >= 0.6 is 11.6 Å². The number of aromatic nitrogens is 4. The number of hydrogen-bond acceptors (Lipinski definition) is 7. The van der Waals surface area contributed by atoms with Gasteiger partial charge in [-0.05, 0) is 43.0 Å². The Hall–Kier alpha value is -4.34. The van der Waals surface area contributed by atoms with Gasteiger partial charge in [0.2, 0.25) is 0 Å². The summed E-state index contributed by atoms with van der Waals surface area (Å²) in [4.78, 5) is 14.4. The first-order valence-corrected chi connectivity index (χ1v) is 14.2. The van der Waals surface area contributed by atoms with Crippen molar-refractivity contribution in [3.8, 4) is 22.5 Å². The van der Waals surface area contributed by atoms with E-state index in [4.69, 9.17) is 26.3 Å². The lowest BCUT2D eigenvalue weighted by atomic mass is 9.75. The van der Waals surface area contributed by atoms with Crippen LogP contribution in [-0.2, 0) is 4.74 Å². The fraction of sp³-hybridized carbons (Fsp3) is 0.182. The maximum Gasteiger partial charge on any atom is 0.181 e. The van der Waals surface area contributed by atoms with Gasteiger partial charge in [0.25, 0.3) is 0 Å². The summed E-state index contributed by atoms with van der Waals surface area (Å²) in [5, 5.41) is 22.6. The Morgan fingerprint density at radius 2 is 1.76 bits per heavy atom. The lowest BCUT2D eigenvalue weighted by Gasteiger charge is -2.34. The number of benzene rings is 3. The van der Waals surface area contributed by atoms with Crippen molar-refractivity contribution in [1.82, 2.24) is 19.4 Å². The highest BCUT2D eigenvalue weighted by Gasteiger charge is 2.35. The van der Waals surface area contributed by atoms with E-state index in [0.29, 0.717) is 28.9 Å². The van der Waals surface area contributed by atoms with Crippen LogP contribution in [0.15, 0.2) is 97.3 Å². The number of aliphatic hydroxyl groups excluding tert-OH is 1. The molecular formula is C33H27ClN5O3-. The fourth-order valence-electron chi connectivity index (χ4n) is 5.67. The minimum atomic E-state index is -1.04. The van der Waals surface area contributed by atoms with E-state index in [1.165, 1.54) is 0 Å². The van der Waals surface area contributed by atoms with E-state index in [1.807, 2.05) is 40.3 Å². The molecule has 6 aromatic rings. The molecule has 0 spiro atoms. The molecule has 1 aliphatic carbocycles. The number of fused-ring (bicyclic) bond motifs is 2. The standard InChI is InChI=1S/C33H27ClN5O3/c34-31-30-29(24-7-6-22-10-13-27(36-28(22)18-24)21-4-2-1-3-5-21)37-32(39(30)15-14-35-31)25-16-20(17-25)19-42-33(40)23-8-11-26(38-41)12-9-23/h1-15,18,20,25,33,38,40H,16-17,19H2/q-1. The first-order chi connectivity index (χ1) is 20.6. The number of nitrogens with zero attached hydrogens (tertiary/aromatic N) is 4. The Labute approximate surface area is 247 Å². The third-order valence-corrected chi connectivity index (χ3v) is 8.25. The molecule has 3 aromatic carbocycles. The molecule has 3 aromatic heterocycles. The molecule has 1 aliphatic rings. The summed E-state index contributed by atoms with van der Waals surface area (Å²) in [6.45, 7) is 0.428. The molecule has 2 N–H and O–H groups in total. The van der Waals surface area contributed by atoms with Crippen LogP contribution in [0.25, 0.3) is 38.9 Å². The third-order valence-electron chi connectivity index (χ3n) is 7.98. The van der Waals surface area contributed by atoms with Crippen LogP contribution in [0.4, 0.5) is 5.69 Å². The highest BCUT2D eigenvalue weighted by molar-refractivity contribution is 6.33. The van der Waals surface area contributed by atoms with Gasteiger partial charge in [0.15, 0.2) is 11.4 Å². The van der Waals surface area contributed by atoms with Crippen molar-refractivity contribution in [2.24, 2.45) is 5.92 Å². The summed E-state index contributed by atoms with van der Waals surface area (Å²) in [6.07, 6.45) is 4.32. The number of rotatable bonds is 8. The number of pyridine rings is 1. The molecule has 3 heterocycles. The van der Waals surface area contributed by atoms with Gasteiger partial charge in [-0.15, -0.1) is 0 Å². The summed E-state index contributed by atoms with van der Waals surface area (Å²) < 4.78 is 7.79. The van der Waals surface area contributed by atoms with Gasteiger partial charge in [0.05, 0.1) is 23.5 Å². The van der Waals surface area contributed by atoms with Crippen LogP contribution in [0.2, 0.25) is 5.15 Å². The predicted octanol–water partition coefficient (Wildman–Crippen LogP) is 7.38. The summed E-state index contributed by atoms with van der Waals surface area (Å²) in [7, 11) is 0. The number of ether oxygens (including phenoxy) is 1. The first kappa shape index (κ1) is 26.6. The SMILES string of the molecule is [O-]Nc1ccc(C(O)OCC2CC(c3nc(-c4ccc5ccc(-c6ccccc6)nc5c4)c4c(Cl)nccn34)C2)cc1. The number of hydrogen-bond donors (Lipinski definition) is 2. The zero-order valence-corrected chi connectivity index (χ0v) is 23.3. The second-order valence-electron chi connectivity index (χ2n) is 10.7. The second-order valence-corrected chi connectivity index (χ2v) is 11.0. The maximum absolute atomic E-state index is 10.8. The first-order valence-electron chi connectivity index (χ1n) is 13.8. The average molecular weight is 577 g/mol. The Balaban J connectivity index is 1.12. The highest BCUT2D eigenvalue weighted by Crippen LogP contribution is 2.44. The van der Waals surface area contributed by atoms with Gasteiger partial charge in [-0.2, -0.15) is 0 Å². The largest absolute Gasteiger partial charge is 0.761 e. The number of halogens is 1. The molecule has 0 aliphatic heterocycles. The quantitative estimate of drug-likeness (QED) is 0.144. The monoisotopic (exact) mass is 576 g/mol. The van der Waals surface area contributed by atoms with Crippen molar-refractivity contribution in [2.75, 3.05) is 12.1 Å². The molecule has 0 amide bonds. The van der Waals surface area contributed by atoms with Crippen LogP contribution < -0.4 is 5.48 Å². The third kappa shape index (κ3) is 4.99. The molecule has 0 saturated heterocycles. The van der Waals surface area contributed by atoms with Crippen LogP contribution in [0.5, 0.6) is 0 Å². The Bertz CT molecular complexity index is 1870. The van der Waals surface area contributed by atoms with Gasteiger partial charge in [0, 0.05) is 46.1 Å². The average Bonchev–Trinajstić information content (AvgIpc) is 3.40. The van der Waals surface area contributed by atoms with Crippen LogP contribution in [-0.4, -0.2) is 31.1 Å². The summed E-state index contributed by atoms with van der Waals surface area (Å²) in [5.41, 5.74) is 8.23. The highest BCUT2D eigenvalue weighted by atomic mass is 35.5. The zero-order chi connectivity index (χ0) is 28.6. The van der Waals surface area contributed by atoms with E-state index >= 15 is 0 Å². The topological polar surface area (TPSA) is 108 Å². The van der Waals surface area contributed by atoms with Crippen LogP contribution in [0.3, 0.4) is 0 Å². The van der Waals surface area contributed by atoms with Crippen LogP contribution in [0.1, 0.15) is 36.4 Å². The smallest absolute Gasteiger partial charge is 0.181 e. The van der Waals surface area contributed by atoms with Gasteiger partial charge >= 0.3 is 0 Å². The van der Waals surface area contributed by atoms with E-state index in [2.05, 4.69) is 41.4 Å². The minimum Gasteiger partial charge on any atom is -0.761 e. The van der Waals surface area contributed by atoms with Gasteiger partial charge in [0.1, 0.15) is 11.3 Å². The summed E-state index contributed by atoms with van der Waals surface area (Å²) in [5.74, 6) is 1.45. The number of anilines is 1. The Morgan fingerprint density at radius 3 is 2.55 bits per heavy atom. The molecule has 0 radical (unpaired) electrons. The molecule has 210 valence electrons. The van der Waals surface area contributed by atoms with E-state index < -0.39 is 6.29 Å². The molecule has 1 atom stereocenters. The second kappa shape index (κ2) is 11.2. The van der Waals surface area contributed by atoms with E-state index in [1.54, 1.807) is 30.5 Å². The van der Waals surface area contributed by atoms with E-state index in [0.717, 1.165) is 57.6 Å². The Kier molecular flexibility index (Phi) is 7.05. The van der Waals surface area contributed by atoms with Crippen molar-refractivity contribution in [3.63, 3.8) is 0 Å². The lowest BCUT2D eigenvalue weighted by Crippen LogP contribution is -2.28. The van der Waals surface area contributed by atoms with E-state index in [-0.39, 0.29) is 5.92 Å². The molecule has 0 bridgehead atoms. The Morgan fingerprint density at radius 1 is 0.976 bits per heavy atom.